The molecule has 0 amide bonds. The van der Waals surface area contributed by atoms with Gasteiger partial charge in [-0.2, -0.15) is 0 Å². The van der Waals surface area contributed by atoms with Gasteiger partial charge in [0.25, 0.3) is 5.56 Å². The second-order valence-electron chi connectivity index (χ2n) is 4.86. The Morgan fingerprint density at radius 1 is 1.35 bits per heavy atom. The first-order valence-electron chi connectivity index (χ1n) is 6.66. The number of carbonyl (C=O) groups is 1. The smallest absolute Gasteiger partial charge is 0.347 e. The first-order valence-corrected chi connectivity index (χ1v) is 8.27. The van der Waals surface area contributed by atoms with Crippen LogP contribution in [0.1, 0.15) is 26.5 Å². The normalized spacial score (nSPS) is 11.4. The molecule has 0 aliphatic heterocycles. The van der Waals surface area contributed by atoms with Crippen LogP contribution in [-0.4, -0.2) is 20.5 Å². The number of hydrogen-bond donors (Lipinski definition) is 1. The molecule has 0 fully saturated rings. The van der Waals surface area contributed by atoms with Crippen LogP contribution in [0.3, 0.4) is 0 Å². The molecule has 0 spiro atoms. The Morgan fingerprint density at radius 3 is 2.78 bits per heavy atom. The van der Waals surface area contributed by atoms with Crippen LogP contribution in [0.5, 0.6) is 0 Å². The van der Waals surface area contributed by atoms with Gasteiger partial charge in [0.05, 0.1) is 5.69 Å². The minimum Gasteiger partial charge on any atom is -0.477 e. The summed E-state index contributed by atoms with van der Waals surface area (Å²) in [5, 5.41) is 9.04. The molecular weight excluding hydrogens is 380 g/mol. The lowest BCUT2D eigenvalue weighted by Crippen LogP contribution is -2.15. The van der Waals surface area contributed by atoms with Crippen molar-refractivity contribution in [2.45, 2.75) is 6.92 Å². The summed E-state index contributed by atoms with van der Waals surface area (Å²) >= 11 is 4.21. The van der Waals surface area contributed by atoms with E-state index in [9.17, 15) is 9.59 Å². The molecule has 0 bridgehead atoms. The van der Waals surface area contributed by atoms with Gasteiger partial charge in [-0.3, -0.25) is 9.20 Å². The molecule has 116 valence electrons. The molecule has 0 aliphatic carbocycles. The van der Waals surface area contributed by atoms with E-state index < -0.39 is 5.97 Å². The Hall–Kier alpha value is -2.25. The number of hydrogen-bond acceptors (Lipinski definition) is 4. The number of carboxylic acid groups (broad SMARTS) is 1. The number of carboxylic acids is 1. The van der Waals surface area contributed by atoms with Gasteiger partial charge in [0.2, 0.25) is 0 Å². The van der Waals surface area contributed by atoms with Crippen molar-refractivity contribution in [1.29, 1.82) is 0 Å². The van der Waals surface area contributed by atoms with E-state index in [-0.39, 0.29) is 10.4 Å². The van der Waals surface area contributed by atoms with E-state index in [2.05, 4.69) is 20.9 Å². The maximum Gasteiger partial charge on any atom is 0.347 e. The SMILES string of the molecule is Cc1ccccc1C=Cc1nc2sc(C(=O)O)cn2c(=O)c1Br. The van der Waals surface area contributed by atoms with Crippen molar-refractivity contribution in [1.82, 2.24) is 9.38 Å². The number of aryl methyl sites for hydroxylation is 1. The largest absolute Gasteiger partial charge is 0.477 e. The van der Waals surface area contributed by atoms with Crippen molar-refractivity contribution < 1.29 is 9.90 Å². The van der Waals surface area contributed by atoms with Crippen LogP contribution < -0.4 is 5.56 Å². The topological polar surface area (TPSA) is 71.7 Å². The van der Waals surface area contributed by atoms with E-state index >= 15 is 0 Å². The zero-order valence-electron chi connectivity index (χ0n) is 12.0. The van der Waals surface area contributed by atoms with Crippen LogP contribution in [0.4, 0.5) is 0 Å². The molecule has 0 saturated heterocycles. The fourth-order valence-electron chi connectivity index (χ4n) is 2.09. The number of aromatic carboxylic acids is 1. The molecule has 5 nitrogen and oxygen atoms in total. The van der Waals surface area contributed by atoms with Gasteiger partial charge < -0.3 is 5.11 Å². The summed E-state index contributed by atoms with van der Waals surface area (Å²) in [6.45, 7) is 2.00. The van der Waals surface area contributed by atoms with Crippen molar-refractivity contribution in [3.63, 3.8) is 0 Å². The highest BCUT2D eigenvalue weighted by atomic mass is 79.9. The quantitative estimate of drug-likeness (QED) is 0.739. The summed E-state index contributed by atoms with van der Waals surface area (Å²) in [6, 6.07) is 7.86. The van der Waals surface area contributed by atoms with Gasteiger partial charge in [-0.15, -0.1) is 0 Å². The number of fused-ring (bicyclic) bond motifs is 1. The number of thiazole rings is 1. The fourth-order valence-corrected chi connectivity index (χ4v) is 3.32. The van der Waals surface area contributed by atoms with Crippen LogP contribution in [0.2, 0.25) is 0 Å². The van der Waals surface area contributed by atoms with E-state index in [1.54, 1.807) is 6.08 Å². The third-order valence-electron chi connectivity index (χ3n) is 3.32. The van der Waals surface area contributed by atoms with Gasteiger partial charge in [-0.1, -0.05) is 41.7 Å². The lowest BCUT2D eigenvalue weighted by atomic mass is 10.1. The van der Waals surface area contributed by atoms with Crippen LogP contribution in [0.15, 0.2) is 39.7 Å². The third-order valence-corrected chi connectivity index (χ3v) is 5.04. The number of aromatic nitrogens is 2. The van der Waals surface area contributed by atoms with Crippen molar-refractivity contribution in [3.05, 3.63) is 67.0 Å². The molecular formula is C16H11BrN2O3S. The van der Waals surface area contributed by atoms with Gasteiger partial charge in [0, 0.05) is 6.20 Å². The summed E-state index contributed by atoms with van der Waals surface area (Å²) in [5.41, 5.74) is 2.28. The average Bonchev–Trinajstić information content (AvgIpc) is 2.95. The van der Waals surface area contributed by atoms with Gasteiger partial charge in [0.15, 0.2) is 4.96 Å². The first-order chi connectivity index (χ1) is 11.0. The predicted molar refractivity (Wildman–Crippen MR) is 94.1 cm³/mol. The van der Waals surface area contributed by atoms with Crippen molar-refractivity contribution in [3.8, 4) is 0 Å². The molecule has 23 heavy (non-hydrogen) atoms. The Morgan fingerprint density at radius 2 is 2.09 bits per heavy atom. The van der Waals surface area contributed by atoms with Crippen LogP contribution in [-0.2, 0) is 0 Å². The zero-order chi connectivity index (χ0) is 16.6. The summed E-state index contributed by atoms with van der Waals surface area (Å²) < 4.78 is 1.54. The summed E-state index contributed by atoms with van der Waals surface area (Å²) in [5.74, 6) is -1.08. The van der Waals surface area contributed by atoms with Crippen molar-refractivity contribution in [2.24, 2.45) is 0 Å². The Balaban J connectivity index is 2.11. The molecule has 1 N–H and O–H groups in total. The molecule has 0 unspecified atom stereocenters. The molecule has 0 saturated carbocycles. The zero-order valence-corrected chi connectivity index (χ0v) is 14.4. The fraction of sp³-hybridized carbons (Fsp3) is 0.0625. The highest BCUT2D eigenvalue weighted by Crippen LogP contribution is 2.20. The van der Waals surface area contributed by atoms with Crippen LogP contribution in [0, 0.1) is 6.92 Å². The van der Waals surface area contributed by atoms with E-state index in [1.807, 2.05) is 37.3 Å². The molecule has 3 aromatic rings. The van der Waals surface area contributed by atoms with E-state index in [0.29, 0.717) is 15.1 Å². The van der Waals surface area contributed by atoms with Crippen molar-refractivity contribution >= 4 is 50.3 Å². The third kappa shape index (κ3) is 2.97. The van der Waals surface area contributed by atoms with Crippen LogP contribution >= 0.6 is 27.3 Å². The van der Waals surface area contributed by atoms with E-state index in [4.69, 9.17) is 5.11 Å². The molecule has 0 atom stereocenters. The highest BCUT2D eigenvalue weighted by molar-refractivity contribution is 9.10. The molecule has 0 aliphatic rings. The maximum atomic E-state index is 12.3. The molecule has 2 heterocycles. The Labute approximate surface area is 143 Å². The van der Waals surface area contributed by atoms with E-state index in [0.717, 1.165) is 22.5 Å². The lowest BCUT2D eigenvalue weighted by Gasteiger charge is -2.01. The Kier molecular flexibility index (Phi) is 4.14. The highest BCUT2D eigenvalue weighted by Gasteiger charge is 2.14. The van der Waals surface area contributed by atoms with Crippen molar-refractivity contribution in [2.75, 3.05) is 0 Å². The number of benzene rings is 1. The number of rotatable bonds is 3. The molecule has 1 aromatic carbocycles. The second-order valence-corrected chi connectivity index (χ2v) is 6.66. The number of nitrogens with zero attached hydrogens (tertiary/aromatic N) is 2. The second kappa shape index (κ2) is 6.10. The lowest BCUT2D eigenvalue weighted by molar-refractivity contribution is 0.0702. The standard InChI is InChI=1S/C16H11BrN2O3S/c1-9-4-2-3-5-10(9)6-7-11-13(17)14(20)19-8-12(15(21)22)23-16(19)18-11/h2-8H,1H3,(H,21,22). The summed E-state index contributed by atoms with van der Waals surface area (Å²) in [7, 11) is 0. The maximum absolute atomic E-state index is 12.3. The summed E-state index contributed by atoms with van der Waals surface area (Å²) in [4.78, 5) is 28.1. The van der Waals surface area contributed by atoms with Gasteiger partial charge in [0.1, 0.15) is 9.35 Å². The van der Waals surface area contributed by atoms with Gasteiger partial charge in [-0.25, -0.2) is 9.78 Å². The summed E-state index contributed by atoms with van der Waals surface area (Å²) in [6.07, 6.45) is 4.91. The molecule has 2 aromatic heterocycles. The van der Waals surface area contributed by atoms with E-state index in [1.165, 1.54) is 10.6 Å². The molecule has 7 heteroatoms. The first kappa shape index (κ1) is 15.6. The number of halogens is 1. The molecule has 0 radical (unpaired) electrons. The average molecular weight is 391 g/mol. The minimum absolute atomic E-state index is 0.0709. The Bertz CT molecular complexity index is 1000. The van der Waals surface area contributed by atoms with Crippen LogP contribution in [0.25, 0.3) is 17.1 Å². The minimum atomic E-state index is -1.08. The monoisotopic (exact) mass is 390 g/mol. The van der Waals surface area contributed by atoms with Gasteiger partial charge >= 0.3 is 5.97 Å². The molecule has 3 rings (SSSR count). The predicted octanol–water partition coefficient (Wildman–Crippen LogP) is 3.70. The van der Waals surface area contributed by atoms with Gasteiger partial charge in [-0.05, 0) is 40.1 Å².